The number of carbonyl (C=O) groups excluding carboxylic acids is 2. The molecule has 0 aromatic carbocycles. The summed E-state index contributed by atoms with van der Waals surface area (Å²) in [7, 11) is 0. The van der Waals surface area contributed by atoms with Crippen molar-refractivity contribution < 1.29 is 19.1 Å². The van der Waals surface area contributed by atoms with E-state index in [4.69, 9.17) is 26.8 Å². The minimum atomic E-state index is -0.462. The number of piperidine rings is 2. The number of hydrogen-bond donors (Lipinski definition) is 1. The van der Waals surface area contributed by atoms with Crippen LogP contribution in [0.1, 0.15) is 90.4 Å². The van der Waals surface area contributed by atoms with Crippen molar-refractivity contribution in [2.75, 3.05) is 31.9 Å². The van der Waals surface area contributed by atoms with Crippen LogP contribution in [0.5, 0.6) is 0 Å². The van der Waals surface area contributed by atoms with Crippen molar-refractivity contribution in [3.05, 3.63) is 53.2 Å². The Hall–Kier alpha value is -4.13. The minimum absolute atomic E-state index is 0.241. The summed E-state index contributed by atoms with van der Waals surface area (Å²) in [6.07, 6.45) is 6.31. The molecule has 2 saturated heterocycles. The van der Waals surface area contributed by atoms with Crippen LogP contribution in [0.25, 0.3) is 11.3 Å². The molecule has 14 heteroatoms. The van der Waals surface area contributed by atoms with Gasteiger partial charge >= 0.3 is 12.2 Å². The van der Waals surface area contributed by atoms with E-state index < -0.39 is 11.2 Å². The molecule has 0 spiro atoms. The molecule has 4 aromatic heterocycles. The smallest absolute Gasteiger partial charge is 0.410 e. The number of likely N-dealkylation sites (tertiary alicyclic amines) is 2. The van der Waals surface area contributed by atoms with Crippen molar-refractivity contribution in [1.82, 2.24) is 39.0 Å². The standard InChI is InChI=1S/C16H21ClN4O2.C16H23N5O2/c2*1-16(2,3)23-15(22)20-8-5-11(6-9-20)12-10-13(17)21-14(19-12)4-7-18-21/h4,7,10-11H,5-6,8-9H2,1-3H3;4,7,10-11H,5-6,8-9,17H2,1-3H3. The molecule has 0 aliphatic carbocycles. The highest BCUT2D eigenvalue weighted by Gasteiger charge is 2.30. The second-order valence-electron chi connectivity index (χ2n) is 13.8. The van der Waals surface area contributed by atoms with E-state index in [1.165, 1.54) is 0 Å². The summed E-state index contributed by atoms with van der Waals surface area (Å²) in [4.78, 5) is 37.0. The first-order valence-corrected chi connectivity index (χ1v) is 16.1. The maximum absolute atomic E-state index is 12.1. The van der Waals surface area contributed by atoms with Crippen molar-refractivity contribution in [2.24, 2.45) is 0 Å². The Morgan fingerprint density at radius 3 is 1.61 bits per heavy atom. The quantitative estimate of drug-likeness (QED) is 0.260. The van der Waals surface area contributed by atoms with Gasteiger partial charge < -0.3 is 25.0 Å². The molecule has 248 valence electrons. The third kappa shape index (κ3) is 8.17. The summed E-state index contributed by atoms with van der Waals surface area (Å²) in [6, 6.07) is 7.43. The molecule has 2 N–H and O–H groups in total. The maximum Gasteiger partial charge on any atom is 0.410 e. The van der Waals surface area contributed by atoms with E-state index in [2.05, 4.69) is 20.2 Å². The number of fused-ring (bicyclic) bond motifs is 2. The van der Waals surface area contributed by atoms with Gasteiger partial charge in [0.1, 0.15) is 22.2 Å². The number of ether oxygens (including phenoxy) is 2. The van der Waals surface area contributed by atoms with E-state index in [0.717, 1.165) is 48.4 Å². The molecule has 6 heterocycles. The molecule has 2 aliphatic rings. The molecular weight excluding hydrogens is 610 g/mol. The van der Waals surface area contributed by atoms with Crippen LogP contribution in [0.3, 0.4) is 0 Å². The number of anilines is 1. The molecule has 0 radical (unpaired) electrons. The van der Waals surface area contributed by atoms with Crippen molar-refractivity contribution in [3.8, 4) is 0 Å². The average molecular weight is 654 g/mol. The zero-order valence-corrected chi connectivity index (χ0v) is 28.2. The summed E-state index contributed by atoms with van der Waals surface area (Å²) >= 11 is 6.25. The number of carbonyl (C=O) groups is 2. The minimum Gasteiger partial charge on any atom is -0.444 e. The zero-order chi connectivity index (χ0) is 33.2. The lowest BCUT2D eigenvalue weighted by atomic mass is 9.93. The third-order valence-electron chi connectivity index (χ3n) is 7.87. The van der Waals surface area contributed by atoms with Gasteiger partial charge in [0.25, 0.3) is 0 Å². The van der Waals surface area contributed by atoms with E-state index in [9.17, 15) is 9.59 Å². The Balaban J connectivity index is 0.000000181. The van der Waals surface area contributed by atoms with Crippen LogP contribution in [0.2, 0.25) is 5.15 Å². The highest BCUT2D eigenvalue weighted by Crippen LogP contribution is 2.30. The fraction of sp³-hybridized carbons (Fsp3) is 0.562. The van der Waals surface area contributed by atoms with Gasteiger partial charge in [0.05, 0.1) is 12.4 Å². The lowest BCUT2D eigenvalue weighted by molar-refractivity contribution is 0.0193. The number of amides is 2. The average Bonchev–Trinajstić information content (AvgIpc) is 3.66. The van der Waals surface area contributed by atoms with Crippen LogP contribution >= 0.6 is 11.6 Å². The SMILES string of the molecule is CC(C)(C)OC(=O)N1CCC(c2cc(Cl)n3nccc3n2)CC1.CC(C)(C)OC(=O)N1CCC(c2cc(N)n3nccc3n2)CC1. The topological polar surface area (TPSA) is 145 Å². The molecule has 13 nitrogen and oxygen atoms in total. The Kier molecular flexibility index (Phi) is 9.62. The van der Waals surface area contributed by atoms with E-state index in [0.29, 0.717) is 49.0 Å². The lowest BCUT2D eigenvalue weighted by Crippen LogP contribution is -2.41. The van der Waals surface area contributed by atoms with E-state index in [-0.39, 0.29) is 12.2 Å². The summed E-state index contributed by atoms with van der Waals surface area (Å²) in [5.74, 6) is 1.19. The van der Waals surface area contributed by atoms with Gasteiger partial charge in [0.15, 0.2) is 11.3 Å². The fourth-order valence-electron chi connectivity index (χ4n) is 5.64. The van der Waals surface area contributed by atoms with Gasteiger partial charge in [0.2, 0.25) is 0 Å². The molecule has 0 unspecified atom stereocenters. The number of halogens is 1. The number of nitrogen functional groups attached to an aromatic ring is 1. The van der Waals surface area contributed by atoms with E-state index in [1.807, 2.05) is 65.8 Å². The third-order valence-corrected chi connectivity index (χ3v) is 8.14. The van der Waals surface area contributed by atoms with Gasteiger partial charge in [-0.2, -0.15) is 14.7 Å². The Labute approximate surface area is 274 Å². The first-order valence-electron chi connectivity index (χ1n) is 15.7. The van der Waals surface area contributed by atoms with Crippen LogP contribution in [0.4, 0.5) is 15.4 Å². The molecule has 0 saturated carbocycles. The van der Waals surface area contributed by atoms with Crippen LogP contribution in [0.15, 0.2) is 36.7 Å². The van der Waals surface area contributed by atoms with Gasteiger partial charge in [-0.05, 0) is 73.3 Å². The number of nitrogens with two attached hydrogens (primary N) is 1. The van der Waals surface area contributed by atoms with Crippen LogP contribution in [-0.4, -0.2) is 88.6 Å². The number of hydrogen-bond acceptors (Lipinski definition) is 9. The first-order chi connectivity index (χ1) is 21.7. The summed E-state index contributed by atoms with van der Waals surface area (Å²) in [5, 5.41) is 8.82. The number of nitrogens with zero attached hydrogens (tertiary/aromatic N) is 8. The maximum atomic E-state index is 12.1. The Bertz CT molecular complexity index is 1550. The van der Waals surface area contributed by atoms with Gasteiger partial charge in [-0.1, -0.05) is 11.6 Å². The molecule has 46 heavy (non-hydrogen) atoms. The molecule has 2 fully saturated rings. The Morgan fingerprint density at radius 2 is 1.15 bits per heavy atom. The predicted molar refractivity (Wildman–Crippen MR) is 175 cm³/mol. The highest BCUT2D eigenvalue weighted by molar-refractivity contribution is 6.29. The second-order valence-corrected chi connectivity index (χ2v) is 14.2. The van der Waals surface area contributed by atoms with Crippen molar-refractivity contribution in [3.63, 3.8) is 0 Å². The molecule has 2 aliphatic heterocycles. The van der Waals surface area contributed by atoms with Crippen LogP contribution < -0.4 is 5.73 Å². The highest BCUT2D eigenvalue weighted by atomic mass is 35.5. The largest absolute Gasteiger partial charge is 0.444 e. The normalized spacial score (nSPS) is 16.8. The van der Waals surface area contributed by atoms with Gasteiger partial charge in [0, 0.05) is 67.6 Å². The van der Waals surface area contributed by atoms with E-state index in [1.54, 1.807) is 31.2 Å². The molecule has 0 atom stereocenters. The van der Waals surface area contributed by atoms with Crippen molar-refractivity contribution in [2.45, 2.75) is 90.3 Å². The number of aromatic nitrogens is 6. The molecule has 2 amide bonds. The molecular formula is C32H44ClN9O4. The summed E-state index contributed by atoms with van der Waals surface area (Å²) in [6.45, 7) is 14.0. The van der Waals surface area contributed by atoms with Crippen molar-refractivity contribution >= 4 is 40.9 Å². The predicted octanol–water partition coefficient (Wildman–Crippen LogP) is 5.92. The van der Waals surface area contributed by atoms with Crippen molar-refractivity contribution in [1.29, 1.82) is 0 Å². The molecule has 6 rings (SSSR count). The summed E-state index contributed by atoms with van der Waals surface area (Å²) < 4.78 is 14.1. The van der Waals surface area contributed by atoms with Gasteiger partial charge in [-0.3, -0.25) is 0 Å². The van der Waals surface area contributed by atoms with Crippen LogP contribution in [-0.2, 0) is 9.47 Å². The zero-order valence-electron chi connectivity index (χ0n) is 27.4. The number of rotatable bonds is 2. The molecule has 0 bridgehead atoms. The fourth-order valence-corrected chi connectivity index (χ4v) is 5.88. The first kappa shape index (κ1) is 33.2. The molecule has 4 aromatic rings. The summed E-state index contributed by atoms with van der Waals surface area (Å²) in [5.41, 5.74) is 8.55. The van der Waals surface area contributed by atoms with Crippen LogP contribution in [0, 0.1) is 0 Å². The monoisotopic (exact) mass is 653 g/mol. The lowest BCUT2D eigenvalue weighted by Gasteiger charge is -2.33. The van der Waals surface area contributed by atoms with Gasteiger partial charge in [-0.25, -0.2) is 24.1 Å². The Morgan fingerprint density at radius 1 is 0.739 bits per heavy atom. The van der Waals surface area contributed by atoms with Gasteiger partial charge in [-0.15, -0.1) is 0 Å². The van der Waals surface area contributed by atoms with E-state index >= 15 is 0 Å². The second kappa shape index (κ2) is 13.3.